The summed E-state index contributed by atoms with van der Waals surface area (Å²) in [5, 5.41) is 9.61. The first-order valence-electron chi connectivity index (χ1n) is 6.75. The Morgan fingerprint density at radius 1 is 1.55 bits per heavy atom. The number of rotatable bonds is 4. The Labute approximate surface area is 123 Å². The molecule has 0 bridgehead atoms. The third kappa shape index (κ3) is 2.81. The first-order chi connectivity index (χ1) is 9.35. The highest BCUT2D eigenvalue weighted by Crippen LogP contribution is 2.38. The van der Waals surface area contributed by atoms with Crippen LogP contribution < -0.4 is 0 Å². The first-order valence-corrected chi connectivity index (χ1v) is 7.12. The Balaban J connectivity index is 2.09. The molecule has 0 aliphatic carbocycles. The van der Waals surface area contributed by atoms with Crippen LogP contribution in [0.3, 0.4) is 0 Å². The Morgan fingerprint density at radius 3 is 2.75 bits per heavy atom. The molecule has 0 aromatic heterocycles. The molecule has 1 saturated heterocycles. The van der Waals surface area contributed by atoms with Crippen molar-refractivity contribution in [1.82, 2.24) is 4.90 Å². The summed E-state index contributed by atoms with van der Waals surface area (Å²) in [6.07, 6.45) is 0.648. The summed E-state index contributed by atoms with van der Waals surface area (Å²) in [4.78, 5) is 13.7. The predicted octanol–water partition coefficient (Wildman–Crippen LogP) is 3.41. The molecule has 1 N–H and O–H groups in total. The number of benzene rings is 1. The van der Waals surface area contributed by atoms with Gasteiger partial charge in [0.25, 0.3) is 0 Å². The minimum absolute atomic E-state index is 0.0850. The quantitative estimate of drug-likeness (QED) is 0.926. The van der Waals surface area contributed by atoms with Crippen molar-refractivity contribution in [3.8, 4) is 0 Å². The molecule has 2 rings (SSSR count). The van der Waals surface area contributed by atoms with Gasteiger partial charge < -0.3 is 5.11 Å². The summed E-state index contributed by atoms with van der Waals surface area (Å²) in [6.45, 7) is 5.76. The summed E-state index contributed by atoms with van der Waals surface area (Å²) < 4.78 is 13.1. The van der Waals surface area contributed by atoms with Gasteiger partial charge in [-0.2, -0.15) is 0 Å². The fourth-order valence-electron chi connectivity index (χ4n) is 2.84. The molecule has 1 unspecified atom stereocenters. The van der Waals surface area contributed by atoms with Crippen LogP contribution in [0.1, 0.15) is 25.8 Å². The van der Waals surface area contributed by atoms with Gasteiger partial charge in [0, 0.05) is 13.1 Å². The van der Waals surface area contributed by atoms with Crippen LogP contribution in [0.2, 0.25) is 5.02 Å². The highest BCUT2D eigenvalue weighted by Gasteiger charge is 2.47. The van der Waals surface area contributed by atoms with E-state index in [1.807, 2.05) is 13.8 Å². The Bertz CT molecular complexity index is 521. The third-order valence-corrected chi connectivity index (χ3v) is 4.59. The third-order valence-electron chi connectivity index (χ3n) is 4.30. The molecule has 1 aromatic carbocycles. The lowest BCUT2D eigenvalue weighted by molar-refractivity contribution is -0.151. The molecule has 0 spiro atoms. The van der Waals surface area contributed by atoms with Crippen molar-refractivity contribution < 1.29 is 14.3 Å². The minimum atomic E-state index is -0.730. The SMILES string of the molecule is CC(C)C1(C(=O)O)CCN(Cc2ccc(F)c(Cl)c2)C1. The standard InChI is InChI=1S/C15H19ClFNO2/c1-10(2)15(14(19)20)5-6-18(9-15)8-11-3-4-13(17)12(16)7-11/h3-4,7,10H,5-6,8-9H2,1-2H3,(H,19,20). The van der Waals surface area contributed by atoms with Crippen molar-refractivity contribution in [3.05, 3.63) is 34.6 Å². The molecule has 1 aromatic rings. The molecule has 1 heterocycles. The van der Waals surface area contributed by atoms with Gasteiger partial charge in [0.2, 0.25) is 0 Å². The van der Waals surface area contributed by atoms with Crippen LogP contribution in [-0.4, -0.2) is 29.1 Å². The van der Waals surface area contributed by atoms with E-state index in [0.29, 0.717) is 19.5 Å². The molecule has 20 heavy (non-hydrogen) atoms. The van der Waals surface area contributed by atoms with E-state index in [0.717, 1.165) is 12.1 Å². The maximum atomic E-state index is 13.1. The second kappa shape index (κ2) is 5.70. The maximum Gasteiger partial charge on any atom is 0.311 e. The van der Waals surface area contributed by atoms with E-state index in [9.17, 15) is 14.3 Å². The molecule has 0 saturated carbocycles. The van der Waals surface area contributed by atoms with Crippen molar-refractivity contribution in [1.29, 1.82) is 0 Å². The van der Waals surface area contributed by atoms with Crippen molar-refractivity contribution >= 4 is 17.6 Å². The van der Waals surface area contributed by atoms with E-state index in [1.165, 1.54) is 6.07 Å². The van der Waals surface area contributed by atoms with Crippen molar-refractivity contribution in [2.45, 2.75) is 26.8 Å². The summed E-state index contributed by atoms with van der Waals surface area (Å²) in [6, 6.07) is 4.64. The van der Waals surface area contributed by atoms with Crippen LogP contribution in [0, 0.1) is 17.2 Å². The van der Waals surface area contributed by atoms with Crippen molar-refractivity contribution in [2.24, 2.45) is 11.3 Å². The molecule has 1 aliphatic heterocycles. The Morgan fingerprint density at radius 2 is 2.25 bits per heavy atom. The smallest absolute Gasteiger partial charge is 0.311 e. The van der Waals surface area contributed by atoms with Gasteiger partial charge in [-0.1, -0.05) is 31.5 Å². The number of aliphatic carboxylic acids is 1. The van der Waals surface area contributed by atoms with E-state index in [-0.39, 0.29) is 10.9 Å². The number of carboxylic acids is 1. The van der Waals surface area contributed by atoms with Crippen LogP contribution in [0.15, 0.2) is 18.2 Å². The van der Waals surface area contributed by atoms with Gasteiger partial charge in [-0.25, -0.2) is 4.39 Å². The van der Waals surface area contributed by atoms with E-state index in [4.69, 9.17) is 11.6 Å². The van der Waals surface area contributed by atoms with Gasteiger partial charge in [0.1, 0.15) is 5.82 Å². The zero-order valence-electron chi connectivity index (χ0n) is 11.7. The summed E-state index contributed by atoms with van der Waals surface area (Å²) in [5.41, 5.74) is 0.227. The molecule has 3 nitrogen and oxygen atoms in total. The summed E-state index contributed by atoms with van der Waals surface area (Å²) in [5.74, 6) is -1.08. The molecule has 1 aliphatic rings. The molecule has 1 fully saturated rings. The number of hydrogen-bond acceptors (Lipinski definition) is 2. The van der Waals surface area contributed by atoms with Gasteiger partial charge in [-0.3, -0.25) is 9.69 Å². The topological polar surface area (TPSA) is 40.5 Å². The second-order valence-corrected chi connectivity index (χ2v) is 6.23. The molecule has 0 radical (unpaired) electrons. The van der Waals surface area contributed by atoms with Crippen molar-refractivity contribution in [3.63, 3.8) is 0 Å². The van der Waals surface area contributed by atoms with Gasteiger partial charge in [-0.05, 0) is 36.6 Å². The minimum Gasteiger partial charge on any atom is -0.481 e. The zero-order valence-corrected chi connectivity index (χ0v) is 12.5. The maximum absolute atomic E-state index is 13.1. The van der Waals surface area contributed by atoms with Crippen molar-refractivity contribution in [2.75, 3.05) is 13.1 Å². The molecule has 110 valence electrons. The number of carbonyl (C=O) groups is 1. The molecular weight excluding hydrogens is 281 g/mol. The lowest BCUT2D eigenvalue weighted by Crippen LogP contribution is -2.39. The summed E-state index contributed by atoms with van der Waals surface area (Å²) >= 11 is 5.77. The van der Waals surface area contributed by atoms with Gasteiger partial charge in [-0.15, -0.1) is 0 Å². The van der Waals surface area contributed by atoms with E-state index >= 15 is 0 Å². The van der Waals surface area contributed by atoms with Gasteiger partial charge in [0.05, 0.1) is 10.4 Å². The number of carboxylic acid groups (broad SMARTS) is 1. The monoisotopic (exact) mass is 299 g/mol. The lowest BCUT2D eigenvalue weighted by atomic mass is 9.76. The Hall–Kier alpha value is -1.13. The molecule has 1 atom stereocenters. The van der Waals surface area contributed by atoms with E-state index < -0.39 is 17.2 Å². The van der Waals surface area contributed by atoms with E-state index in [1.54, 1.807) is 12.1 Å². The molecule has 0 amide bonds. The van der Waals surface area contributed by atoms with Gasteiger partial charge in [0.15, 0.2) is 0 Å². The highest BCUT2D eigenvalue weighted by atomic mass is 35.5. The zero-order chi connectivity index (χ0) is 14.9. The number of hydrogen-bond donors (Lipinski definition) is 1. The first kappa shape index (κ1) is 15.3. The second-order valence-electron chi connectivity index (χ2n) is 5.83. The van der Waals surface area contributed by atoms with Crippen LogP contribution in [-0.2, 0) is 11.3 Å². The molecular formula is C15H19ClFNO2. The van der Waals surface area contributed by atoms with Crippen LogP contribution in [0.25, 0.3) is 0 Å². The van der Waals surface area contributed by atoms with Crippen LogP contribution >= 0.6 is 11.6 Å². The number of halogens is 2. The van der Waals surface area contributed by atoms with Gasteiger partial charge >= 0.3 is 5.97 Å². The fourth-order valence-corrected chi connectivity index (χ4v) is 3.04. The van der Waals surface area contributed by atoms with E-state index in [2.05, 4.69) is 4.90 Å². The average Bonchev–Trinajstić information content (AvgIpc) is 2.79. The highest BCUT2D eigenvalue weighted by molar-refractivity contribution is 6.30. The summed E-state index contributed by atoms with van der Waals surface area (Å²) in [7, 11) is 0. The molecule has 5 heteroatoms. The lowest BCUT2D eigenvalue weighted by Gasteiger charge is -2.28. The average molecular weight is 300 g/mol. The van der Waals surface area contributed by atoms with Crippen LogP contribution in [0.5, 0.6) is 0 Å². The fraction of sp³-hybridized carbons (Fsp3) is 0.533. The van der Waals surface area contributed by atoms with Crippen LogP contribution in [0.4, 0.5) is 4.39 Å². The Kier molecular flexibility index (Phi) is 4.35. The predicted molar refractivity (Wildman–Crippen MR) is 76.2 cm³/mol. The number of likely N-dealkylation sites (tertiary alicyclic amines) is 1. The normalized spacial score (nSPS) is 23.4. The number of nitrogens with zero attached hydrogens (tertiary/aromatic N) is 1. The largest absolute Gasteiger partial charge is 0.481 e.